The van der Waals surface area contributed by atoms with Crippen LogP contribution in [0.5, 0.6) is 0 Å². The van der Waals surface area contributed by atoms with Crippen molar-refractivity contribution in [1.29, 1.82) is 0 Å². The fraction of sp³-hybridized carbons (Fsp3) is 0.444. The SMILES string of the molecule is Cc1cc(N2CCCC2)c(F)cc1C1CC(=O)Nc2c1cnn2C. The molecule has 1 aromatic heterocycles. The fourth-order valence-corrected chi connectivity index (χ4v) is 3.88. The highest BCUT2D eigenvalue weighted by molar-refractivity contribution is 5.94. The van der Waals surface area contributed by atoms with Crippen LogP contribution in [0.15, 0.2) is 18.3 Å². The van der Waals surface area contributed by atoms with Crippen LogP contribution < -0.4 is 10.2 Å². The summed E-state index contributed by atoms with van der Waals surface area (Å²) >= 11 is 0. The van der Waals surface area contributed by atoms with Crippen molar-refractivity contribution in [1.82, 2.24) is 9.78 Å². The van der Waals surface area contributed by atoms with Gasteiger partial charge in [0.1, 0.15) is 11.6 Å². The van der Waals surface area contributed by atoms with Crippen molar-refractivity contribution >= 4 is 17.4 Å². The summed E-state index contributed by atoms with van der Waals surface area (Å²) < 4.78 is 16.4. The van der Waals surface area contributed by atoms with Gasteiger partial charge in [-0.05, 0) is 43.0 Å². The van der Waals surface area contributed by atoms with Gasteiger partial charge in [0.15, 0.2) is 0 Å². The third kappa shape index (κ3) is 2.37. The molecule has 5 nitrogen and oxygen atoms in total. The van der Waals surface area contributed by atoms with Gasteiger partial charge < -0.3 is 10.2 Å². The maximum atomic E-state index is 14.8. The number of hydrogen-bond acceptors (Lipinski definition) is 3. The number of rotatable bonds is 2. The number of nitrogens with zero attached hydrogens (tertiary/aromatic N) is 3. The van der Waals surface area contributed by atoms with Gasteiger partial charge in [0.05, 0.1) is 11.9 Å². The Hall–Kier alpha value is -2.37. The van der Waals surface area contributed by atoms with Crippen molar-refractivity contribution in [2.75, 3.05) is 23.3 Å². The largest absolute Gasteiger partial charge is 0.369 e. The Morgan fingerprint density at radius 2 is 2.00 bits per heavy atom. The molecule has 1 saturated heterocycles. The molecule has 0 saturated carbocycles. The lowest BCUT2D eigenvalue weighted by Crippen LogP contribution is -2.25. The van der Waals surface area contributed by atoms with E-state index in [1.165, 1.54) is 0 Å². The number of hydrogen-bond donors (Lipinski definition) is 1. The molecule has 1 amide bonds. The van der Waals surface area contributed by atoms with Crippen LogP contribution in [0.1, 0.15) is 41.9 Å². The highest BCUT2D eigenvalue weighted by Crippen LogP contribution is 2.39. The molecule has 0 spiro atoms. The first-order valence-electron chi connectivity index (χ1n) is 8.41. The van der Waals surface area contributed by atoms with E-state index in [0.29, 0.717) is 17.9 Å². The minimum atomic E-state index is -0.200. The van der Waals surface area contributed by atoms with Crippen LogP contribution in [-0.2, 0) is 11.8 Å². The number of aromatic nitrogens is 2. The van der Waals surface area contributed by atoms with Gasteiger partial charge in [-0.15, -0.1) is 0 Å². The summed E-state index contributed by atoms with van der Waals surface area (Å²) in [7, 11) is 1.80. The molecule has 6 heteroatoms. The van der Waals surface area contributed by atoms with Crippen molar-refractivity contribution < 1.29 is 9.18 Å². The zero-order valence-electron chi connectivity index (χ0n) is 14.0. The van der Waals surface area contributed by atoms with Crippen molar-refractivity contribution in [2.45, 2.75) is 32.1 Å². The number of amides is 1. The second kappa shape index (κ2) is 5.61. The Morgan fingerprint density at radius 1 is 1.25 bits per heavy atom. The Balaban J connectivity index is 1.77. The number of fused-ring (bicyclic) bond motifs is 1. The second-order valence-corrected chi connectivity index (χ2v) is 6.73. The molecular weight excluding hydrogens is 307 g/mol. The van der Waals surface area contributed by atoms with E-state index in [1.54, 1.807) is 24.0 Å². The normalized spacial score (nSPS) is 20.2. The highest BCUT2D eigenvalue weighted by Gasteiger charge is 2.31. The molecule has 4 rings (SSSR count). The van der Waals surface area contributed by atoms with Gasteiger partial charge in [0, 0.05) is 38.0 Å². The van der Waals surface area contributed by atoms with E-state index in [4.69, 9.17) is 0 Å². The van der Waals surface area contributed by atoms with Crippen LogP contribution in [0.2, 0.25) is 0 Å². The second-order valence-electron chi connectivity index (χ2n) is 6.73. The topological polar surface area (TPSA) is 50.2 Å². The first-order valence-corrected chi connectivity index (χ1v) is 8.41. The van der Waals surface area contributed by atoms with Crippen LogP contribution in [-0.4, -0.2) is 28.8 Å². The summed E-state index contributed by atoms with van der Waals surface area (Å²) in [6.07, 6.45) is 4.32. The first kappa shape index (κ1) is 15.2. The van der Waals surface area contributed by atoms with Crippen molar-refractivity contribution in [3.8, 4) is 0 Å². The summed E-state index contributed by atoms with van der Waals surface area (Å²) in [5, 5.41) is 7.10. The molecular formula is C18H21FN4O. The van der Waals surface area contributed by atoms with Crippen LogP contribution in [0.4, 0.5) is 15.9 Å². The smallest absolute Gasteiger partial charge is 0.226 e. The van der Waals surface area contributed by atoms with E-state index in [2.05, 4.69) is 15.3 Å². The van der Waals surface area contributed by atoms with Crippen LogP contribution >= 0.6 is 0 Å². The summed E-state index contributed by atoms with van der Waals surface area (Å²) in [6, 6.07) is 3.54. The summed E-state index contributed by atoms with van der Waals surface area (Å²) in [5.41, 5.74) is 3.53. The van der Waals surface area contributed by atoms with Gasteiger partial charge in [0.25, 0.3) is 0 Å². The lowest BCUT2D eigenvalue weighted by molar-refractivity contribution is -0.116. The van der Waals surface area contributed by atoms with E-state index in [-0.39, 0.29) is 17.6 Å². The zero-order valence-corrected chi connectivity index (χ0v) is 14.0. The number of halogens is 1. The molecule has 126 valence electrons. The predicted molar refractivity (Wildman–Crippen MR) is 90.9 cm³/mol. The molecule has 1 fully saturated rings. The molecule has 1 aromatic carbocycles. The maximum absolute atomic E-state index is 14.8. The number of benzene rings is 1. The highest BCUT2D eigenvalue weighted by atomic mass is 19.1. The minimum Gasteiger partial charge on any atom is -0.369 e. The van der Waals surface area contributed by atoms with Gasteiger partial charge in [-0.1, -0.05) is 0 Å². The number of carbonyl (C=O) groups is 1. The molecule has 3 heterocycles. The van der Waals surface area contributed by atoms with Gasteiger partial charge in [-0.3, -0.25) is 9.48 Å². The Bertz CT molecular complexity index is 808. The Morgan fingerprint density at radius 3 is 2.75 bits per heavy atom. The molecule has 0 aliphatic carbocycles. The fourth-order valence-electron chi connectivity index (χ4n) is 3.88. The summed E-state index contributed by atoms with van der Waals surface area (Å²) in [6.45, 7) is 3.82. The molecule has 1 N–H and O–H groups in total. The van der Waals surface area contributed by atoms with Crippen molar-refractivity contribution in [3.05, 3.63) is 40.8 Å². The molecule has 2 aliphatic rings. The van der Waals surface area contributed by atoms with Crippen LogP contribution in [0.25, 0.3) is 0 Å². The van der Waals surface area contributed by atoms with E-state index in [1.807, 2.05) is 13.0 Å². The lowest BCUT2D eigenvalue weighted by Gasteiger charge is -2.26. The maximum Gasteiger partial charge on any atom is 0.226 e. The van der Waals surface area contributed by atoms with Gasteiger partial charge in [-0.25, -0.2) is 4.39 Å². The minimum absolute atomic E-state index is 0.0560. The molecule has 1 atom stereocenters. The number of nitrogens with one attached hydrogen (secondary N) is 1. The predicted octanol–water partition coefficient (Wildman–Crippen LogP) is 2.94. The molecule has 0 bridgehead atoms. The lowest BCUT2D eigenvalue weighted by atomic mass is 9.84. The number of anilines is 2. The Kier molecular flexibility index (Phi) is 3.55. The average Bonchev–Trinajstić information content (AvgIpc) is 3.19. The molecule has 2 aliphatic heterocycles. The van der Waals surface area contributed by atoms with E-state index in [9.17, 15) is 9.18 Å². The third-order valence-electron chi connectivity index (χ3n) is 5.15. The molecule has 1 unspecified atom stereocenters. The third-order valence-corrected chi connectivity index (χ3v) is 5.15. The van der Waals surface area contributed by atoms with E-state index in [0.717, 1.165) is 42.6 Å². The van der Waals surface area contributed by atoms with Crippen molar-refractivity contribution in [3.63, 3.8) is 0 Å². The molecule has 0 radical (unpaired) electrons. The van der Waals surface area contributed by atoms with Crippen molar-refractivity contribution in [2.24, 2.45) is 7.05 Å². The quantitative estimate of drug-likeness (QED) is 0.922. The van der Waals surface area contributed by atoms with Gasteiger partial charge in [-0.2, -0.15) is 5.10 Å². The van der Waals surface area contributed by atoms with Crippen LogP contribution in [0.3, 0.4) is 0 Å². The van der Waals surface area contributed by atoms with E-state index < -0.39 is 0 Å². The van der Waals surface area contributed by atoms with Crippen LogP contribution in [0, 0.1) is 12.7 Å². The first-order chi connectivity index (χ1) is 11.5. The standard InChI is InChI=1S/C18H21FN4O/c1-11-7-16(23-5-3-4-6-23)15(19)8-12(11)13-9-17(24)21-18-14(13)10-20-22(18)2/h7-8,10,13H,3-6,9H2,1-2H3,(H,21,24). The average molecular weight is 328 g/mol. The number of carbonyl (C=O) groups excluding carboxylic acids is 1. The summed E-state index contributed by atoms with van der Waals surface area (Å²) in [5.74, 6) is 0.303. The monoisotopic (exact) mass is 328 g/mol. The van der Waals surface area contributed by atoms with E-state index >= 15 is 0 Å². The number of aryl methyl sites for hydroxylation is 2. The van der Waals surface area contributed by atoms with Gasteiger partial charge >= 0.3 is 0 Å². The van der Waals surface area contributed by atoms with Gasteiger partial charge in [0.2, 0.25) is 5.91 Å². The Labute approximate surface area is 140 Å². The molecule has 24 heavy (non-hydrogen) atoms. The summed E-state index contributed by atoms with van der Waals surface area (Å²) in [4.78, 5) is 14.2. The molecule has 2 aromatic rings. The zero-order chi connectivity index (χ0) is 16.8.